The third kappa shape index (κ3) is 3.23. The molecule has 1 aromatic heterocycles. The number of fused-ring (bicyclic) bond motifs is 1. The summed E-state index contributed by atoms with van der Waals surface area (Å²) in [6, 6.07) is 7.63. The number of benzene rings is 1. The van der Waals surface area contributed by atoms with Crippen molar-refractivity contribution in [2.45, 2.75) is 19.9 Å². The van der Waals surface area contributed by atoms with E-state index in [1.54, 1.807) is 0 Å². The Labute approximate surface area is 117 Å². The number of amides is 1. The molecular formula is C14H19N3OS. The van der Waals surface area contributed by atoms with E-state index in [-0.39, 0.29) is 11.9 Å². The third-order valence-electron chi connectivity index (χ3n) is 2.88. The van der Waals surface area contributed by atoms with Gasteiger partial charge in [-0.05, 0) is 24.8 Å². The summed E-state index contributed by atoms with van der Waals surface area (Å²) in [5.74, 6) is 1.90. The van der Waals surface area contributed by atoms with Gasteiger partial charge in [-0.2, -0.15) is 11.8 Å². The van der Waals surface area contributed by atoms with Crippen molar-refractivity contribution >= 4 is 34.3 Å². The maximum absolute atomic E-state index is 12.1. The molecule has 5 heteroatoms. The van der Waals surface area contributed by atoms with E-state index < -0.39 is 0 Å². The molecule has 2 aromatic rings. The van der Waals surface area contributed by atoms with Crippen LogP contribution in [0, 0.1) is 0 Å². The number of para-hydroxylation sites is 1. The van der Waals surface area contributed by atoms with E-state index in [4.69, 9.17) is 5.73 Å². The van der Waals surface area contributed by atoms with Gasteiger partial charge in [0.15, 0.2) is 0 Å². The molecule has 4 N–H and O–H groups in total. The Balaban J connectivity index is 2.11. The highest BCUT2D eigenvalue weighted by Gasteiger charge is 2.13. The number of carbonyl (C=O) groups is 1. The molecule has 1 aromatic carbocycles. The van der Waals surface area contributed by atoms with Gasteiger partial charge >= 0.3 is 0 Å². The number of hydrogen-bond donors (Lipinski definition) is 3. The highest BCUT2D eigenvalue weighted by molar-refractivity contribution is 7.99. The van der Waals surface area contributed by atoms with Gasteiger partial charge in [-0.3, -0.25) is 4.79 Å². The summed E-state index contributed by atoms with van der Waals surface area (Å²) in [4.78, 5) is 15.2. The predicted octanol–water partition coefficient (Wildman–Crippen LogP) is 2.62. The van der Waals surface area contributed by atoms with Crippen molar-refractivity contribution in [1.82, 2.24) is 10.3 Å². The first-order valence-electron chi connectivity index (χ1n) is 6.37. The lowest BCUT2D eigenvalue weighted by Crippen LogP contribution is -2.34. The molecule has 1 atom stereocenters. The van der Waals surface area contributed by atoms with Crippen molar-refractivity contribution in [3.63, 3.8) is 0 Å². The van der Waals surface area contributed by atoms with Gasteiger partial charge in [0, 0.05) is 17.2 Å². The molecule has 0 aliphatic carbocycles. The molecule has 1 unspecified atom stereocenters. The molecule has 0 bridgehead atoms. The van der Waals surface area contributed by atoms with Crippen molar-refractivity contribution in [3.05, 3.63) is 30.0 Å². The second-order valence-electron chi connectivity index (χ2n) is 4.53. The Morgan fingerprint density at radius 1 is 1.53 bits per heavy atom. The van der Waals surface area contributed by atoms with Crippen molar-refractivity contribution in [3.8, 4) is 0 Å². The second kappa shape index (κ2) is 6.02. The molecule has 1 amide bonds. The zero-order chi connectivity index (χ0) is 13.8. The number of thioether (sulfide) groups is 1. The smallest absolute Gasteiger partial charge is 0.267 e. The Morgan fingerprint density at radius 2 is 2.32 bits per heavy atom. The van der Waals surface area contributed by atoms with E-state index in [1.165, 1.54) is 0 Å². The van der Waals surface area contributed by atoms with Crippen LogP contribution in [0.5, 0.6) is 0 Å². The van der Waals surface area contributed by atoms with Crippen LogP contribution in [0.15, 0.2) is 24.3 Å². The summed E-state index contributed by atoms with van der Waals surface area (Å²) in [6.07, 6.45) is 0. The summed E-state index contributed by atoms with van der Waals surface area (Å²) >= 11 is 1.82. The molecule has 0 fully saturated rings. The van der Waals surface area contributed by atoms with Crippen LogP contribution >= 0.6 is 11.8 Å². The number of anilines is 1. The van der Waals surface area contributed by atoms with Gasteiger partial charge in [0.25, 0.3) is 5.91 Å². The standard InChI is InChI=1S/C14H19N3OS/c1-3-19-8-9(2)16-14(18)12-7-10-5-4-6-11(15)13(10)17-12/h4-7,9,17H,3,8,15H2,1-2H3,(H,16,18). The minimum absolute atomic E-state index is 0.0835. The lowest BCUT2D eigenvalue weighted by atomic mass is 10.2. The molecule has 0 saturated carbocycles. The fourth-order valence-electron chi connectivity index (χ4n) is 1.94. The summed E-state index contributed by atoms with van der Waals surface area (Å²) in [7, 11) is 0. The Bertz CT molecular complexity index is 579. The van der Waals surface area contributed by atoms with Gasteiger partial charge in [-0.15, -0.1) is 0 Å². The van der Waals surface area contributed by atoms with E-state index in [1.807, 2.05) is 43.0 Å². The number of hydrogen-bond acceptors (Lipinski definition) is 3. The summed E-state index contributed by atoms with van der Waals surface area (Å²) < 4.78 is 0. The van der Waals surface area contributed by atoms with Crippen LogP contribution < -0.4 is 11.1 Å². The van der Waals surface area contributed by atoms with E-state index in [0.29, 0.717) is 11.4 Å². The van der Waals surface area contributed by atoms with Crippen LogP contribution in [0.1, 0.15) is 24.3 Å². The normalized spacial score (nSPS) is 12.5. The van der Waals surface area contributed by atoms with E-state index >= 15 is 0 Å². The molecule has 2 rings (SSSR count). The van der Waals surface area contributed by atoms with Crippen molar-refractivity contribution in [2.75, 3.05) is 17.2 Å². The molecule has 1 heterocycles. The SMILES string of the molecule is CCSCC(C)NC(=O)c1cc2cccc(N)c2[nH]1. The van der Waals surface area contributed by atoms with Crippen LogP contribution in [0.2, 0.25) is 0 Å². The number of rotatable bonds is 5. The first kappa shape index (κ1) is 13.8. The topological polar surface area (TPSA) is 70.9 Å². The van der Waals surface area contributed by atoms with Crippen LogP contribution in [0.4, 0.5) is 5.69 Å². The van der Waals surface area contributed by atoms with Gasteiger partial charge < -0.3 is 16.0 Å². The van der Waals surface area contributed by atoms with Crippen molar-refractivity contribution in [2.24, 2.45) is 0 Å². The number of nitrogen functional groups attached to an aromatic ring is 1. The summed E-state index contributed by atoms with van der Waals surface area (Å²) in [6.45, 7) is 4.12. The zero-order valence-corrected chi connectivity index (χ0v) is 12.0. The molecule has 102 valence electrons. The highest BCUT2D eigenvalue weighted by Crippen LogP contribution is 2.21. The Morgan fingerprint density at radius 3 is 3.00 bits per heavy atom. The number of aromatic amines is 1. The summed E-state index contributed by atoms with van der Waals surface area (Å²) in [5, 5.41) is 3.94. The van der Waals surface area contributed by atoms with Gasteiger partial charge in [-0.25, -0.2) is 0 Å². The average Bonchev–Trinajstić information content (AvgIpc) is 2.82. The highest BCUT2D eigenvalue weighted by atomic mass is 32.2. The van der Waals surface area contributed by atoms with E-state index in [9.17, 15) is 4.79 Å². The molecule has 4 nitrogen and oxygen atoms in total. The fraction of sp³-hybridized carbons (Fsp3) is 0.357. The van der Waals surface area contributed by atoms with E-state index in [2.05, 4.69) is 17.2 Å². The molecule has 0 aliphatic heterocycles. The van der Waals surface area contributed by atoms with Crippen molar-refractivity contribution in [1.29, 1.82) is 0 Å². The predicted molar refractivity (Wildman–Crippen MR) is 82.6 cm³/mol. The first-order chi connectivity index (χ1) is 9.11. The van der Waals surface area contributed by atoms with E-state index in [0.717, 1.165) is 22.4 Å². The fourth-order valence-corrected chi connectivity index (χ4v) is 2.61. The second-order valence-corrected chi connectivity index (χ2v) is 5.85. The Hall–Kier alpha value is -1.62. The van der Waals surface area contributed by atoms with Crippen LogP contribution in [0.3, 0.4) is 0 Å². The molecule has 0 aliphatic rings. The van der Waals surface area contributed by atoms with Gasteiger partial charge in [0.05, 0.1) is 11.2 Å². The minimum Gasteiger partial charge on any atom is -0.397 e. The van der Waals surface area contributed by atoms with Crippen molar-refractivity contribution < 1.29 is 4.79 Å². The first-order valence-corrected chi connectivity index (χ1v) is 7.53. The quantitative estimate of drug-likeness (QED) is 0.736. The number of aromatic nitrogens is 1. The van der Waals surface area contributed by atoms with Crippen LogP contribution in [-0.2, 0) is 0 Å². The molecule has 0 spiro atoms. The molecular weight excluding hydrogens is 258 g/mol. The van der Waals surface area contributed by atoms with Crippen LogP contribution in [-0.4, -0.2) is 28.4 Å². The average molecular weight is 277 g/mol. The monoisotopic (exact) mass is 277 g/mol. The molecule has 19 heavy (non-hydrogen) atoms. The number of carbonyl (C=O) groups excluding carboxylic acids is 1. The van der Waals surface area contributed by atoms with Crippen LogP contribution in [0.25, 0.3) is 10.9 Å². The van der Waals surface area contributed by atoms with Gasteiger partial charge in [0.1, 0.15) is 5.69 Å². The minimum atomic E-state index is -0.0835. The largest absolute Gasteiger partial charge is 0.397 e. The maximum Gasteiger partial charge on any atom is 0.267 e. The van der Waals surface area contributed by atoms with Gasteiger partial charge in [0.2, 0.25) is 0 Å². The summed E-state index contributed by atoms with van der Waals surface area (Å²) in [5.41, 5.74) is 7.91. The third-order valence-corrected chi connectivity index (χ3v) is 4.03. The number of H-pyrrole nitrogens is 1. The lowest BCUT2D eigenvalue weighted by Gasteiger charge is -2.12. The lowest BCUT2D eigenvalue weighted by molar-refractivity contribution is 0.0939. The molecule has 0 saturated heterocycles. The maximum atomic E-state index is 12.1. The number of nitrogens with one attached hydrogen (secondary N) is 2. The Kier molecular flexibility index (Phi) is 4.37. The number of nitrogens with two attached hydrogens (primary N) is 1. The zero-order valence-electron chi connectivity index (χ0n) is 11.2. The van der Waals surface area contributed by atoms with Gasteiger partial charge in [-0.1, -0.05) is 19.1 Å². The molecule has 0 radical (unpaired) electrons.